The second-order valence-electron chi connectivity index (χ2n) is 16.7. The van der Waals surface area contributed by atoms with Crippen LogP contribution >= 0.6 is 0 Å². The number of carbonyl (C=O) groups is 3. The Morgan fingerprint density at radius 2 is 0.830 bits per heavy atom. The lowest BCUT2D eigenvalue weighted by atomic mass is 10.0. The number of carboxylic acid groups (broad SMARTS) is 1. The number of unbranched alkanes of at least 4 members (excludes halogenated alkanes) is 27. The number of carbonyl (C=O) groups excluding carboxylic acids is 2. The summed E-state index contributed by atoms with van der Waals surface area (Å²) in [5.41, 5.74) is 0. The molecule has 2 atom stereocenters. The van der Waals surface area contributed by atoms with Crippen LogP contribution in [0.4, 0.5) is 0 Å². The van der Waals surface area contributed by atoms with Crippen molar-refractivity contribution < 1.29 is 38.2 Å². The first-order chi connectivity index (χ1) is 25.6. The van der Waals surface area contributed by atoms with Gasteiger partial charge in [-0.15, -0.1) is 0 Å². The van der Waals surface area contributed by atoms with Crippen molar-refractivity contribution in [1.29, 1.82) is 0 Å². The van der Waals surface area contributed by atoms with Gasteiger partial charge in [0, 0.05) is 19.3 Å². The largest absolute Gasteiger partial charge is 0.477 e. The van der Waals surface area contributed by atoms with Crippen LogP contribution in [-0.4, -0.2) is 80.6 Å². The third-order valence-corrected chi connectivity index (χ3v) is 10.5. The van der Waals surface area contributed by atoms with Gasteiger partial charge in [0.2, 0.25) is 0 Å². The number of rotatable bonds is 41. The van der Waals surface area contributed by atoms with Gasteiger partial charge in [-0.1, -0.05) is 187 Å². The number of quaternary nitrogens is 1. The standard InChI is InChI=1S/C45H87NO7/c1-6-8-10-12-14-16-18-20-22-24-26-28-30-32-34-36-44(48)53-41(39-51-38-37-42(45(49)50)46(3,4)5)40-52-43(47)35-33-31-29-27-25-23-21-19-17-15-13-11-9-7-2/h41-42H,6-40H2,1-5H3/p+1. The molecule has 0 amide bonds. The summed E-state index contributed by atoms with van der Waals surface area (Å²) >= 11 is 0. The van der Waals surface area contributed by atoms with Crippen LogP contribution in [0.5, 0.6) is 0 Å². The van der Waals surface area contributed by atoms with Crippen molar-refractivity contribution in [3.8, 4) is 0 Å². The Labute approximate surface area is 327 Å². The zero-order valence-corrected chi connectivity index (χ0v) is 35.7. The molecule has 8 heteroatoms. The summed E-state index contributed by atoms with van der Waals surface area (Å²) < 4.78 is 17.3. The van der Waals surface area contributed by atoms with Crippen LogP contribution < -0.4 is 0 Å². The summed E-state index contributed by atoms with van der Waals surface area (Å²) in [5, 5.41) is 9.61. The fourth-order valence-electron chi connectivity index (χ4n) is 6.98. The molecular weight excluding hydrogens is 666 g/mol. The summed E-state index contributed by atoms with van der Waals surface area (Å²) in [4.78, 5) is 37.0. The van der Waals surface area contributed by atoms with Crippen molar-refractivity contribution >= 4 is 17.9 Å². The number of carboxylic acids is 1. The highest BCUT2D eigenvalue weighted by atomic mass is 16.6. The van der Waals surface area contributed by atoms with Gasteiger partial charge >= 0.3 is 17.9 Å². The van der Waals surface area contributed by atoms with Gasteiger partial charge in [-0.25, -0.2) is 4.79 Å². The second kappa shape index (κ2) is 37.3. The van der Waals surface area contributed by atoms with Gasteiger partial charge in [0.05, 0.1) is 34.4 Å². The lowest BCUT2D eigenvalue weighted by Crippen LogP contribution is -2.50. The van der Waals surface area contributed by atoms with E-state index in [-0.39, 0.29) is 36.2 Å². The first kappa shape index (κ1) is 51.3. The number of aliphatic carboxylic acids is 1. The molecule has 0 heterocycles. The topological polar surface area (TPSA) is 99.1 Å². The monoisotopic (exact) mass is 755 g/mol. The smallest absolute Gasteiger partial charge is 0.362 e. The van der Waals surface area contributed by atoms with Crippen LogP contribution in [0.25, 0.3) is 0 Å². The summed E-state index contributed by atoms with van der Waals surface area (Å²) in [6.07, 6.45) is 37.0. The van der Waals surface area contributed by atoms with Crippen molar-refractivity contribution in [2.75, 3.05) is 41.0 Å². The number of nitrogens with zero attached hydrogens (tertiary/aromatic N) is 1. The predicted molar refractivity (Wildman–Crippen MR) is 220 cm³/mol. The van der Waals surface area contributed by atoms with Crippen molar-refractivity contribution in [2.24, 2.45) is 0 Å². The molecule has 314 valence electrons. The van der Waals surface area contributed by atoms with Crippen molar-refractivity contribution in [1.82, 2.24) is 0 Å². The van der Waals surface area contributed by atoms with E-state index < -0.39 is 18.1 Å². The minimum atomic E-state index is -0.870. The van der Waals surface area contributed by atoms with Crippen LogP contribution in [-0.2, 0) is 28.6 Å². The number of esters is 2. The van der Waals surface area contributed by atoms with Crippen LogP contribution in [0.3, 0.4) is 0 Å². The molecule has 53 heavy (non-hydrogen) atoms. The average Bonchev–Trinajstić information content (AvgIpc) is 3.11. The second-order valence-corrected chi connectivity index (χ2v) is 16.7. The molecule has 0 saturated carbocycles. The molecule has 0 radical (unpaired) electrons. The fourth-order valence-corrected chi connectivity index (χ4v) is 6.98. The highest BCUT2D eigenvalue weighted by molar-refractivity contribution is 5.72. The van der Waals surface area contributed by atoms with E-state index in [4.69, 9.17) is 14.2 Å². The van der Waals surface area contributed by atoms with E-state index in [2.05, 4.69) is 13.8 Å². The molecule has 0 fully saturated rings. The summed E-state index contributed by atoms with van der Waals surface area (Å²) in [6, 6.07) is -0.607. The number of hydrogen-bond donors (Lipinski definition) is 1. The molecule has 0 aliphatic rings. The highest BCUT2D eigenvalue weighted by Gasteiger charge is 2.31. The molecule has 1 N–H and O–H groups in total. The number of hydrogen-bond acceptors (Lipinski definition) is 6. The van der Waals surface area contributed by atoms with Gasteiger partial charge in [-0.2, -0.15) is 0 Å². The summed E-state index contributed by atoms with van der Waals surface area (Å²) in [6.45, 7) is 4.77. The maximum Gasteiger partial charge on any atom is 0.362 e. The van der Waals surface area contributed by atoms with E-state index in [1.165, 1.54) is 148 Å². The molecule has 8 nitrogen and oxygen atoms in total. The van der Waals surface area contributed by atoms with E-state index in [1.54, 1.807) is 0 Å². The van der Waals surface area contributed by atoms with Crippen LogP contribution in [0.2, 0.25) is 0 Å². The highest BCUT2D eigenvalue weighted by Crippen LogP contribution is 2.16. The third kappa shape index (κ3) is 35.8. The van der Waals surface area contributed by atoms with Gasteiger partial charge < -0.3 is 23.8 Å². The Morgan fingerprint density at radius 3 is 1.17 bits per heavy atom. The van der Waals surface area contributed by atoms with Gasteiger partial charge in [0.15, 0.2) is 12.1 Å². The normalized spacial score (nSPS) is 12.8. The summed E-state index contributed by atoms with van der Waals surface area (Å²) in [7, 11) is 5.54. The van der Waals surface area contributed by atoms with E-state index in [9.17, 15) is 19.5 Å². The maximum absolute atomic E-state index is 12.7. The zero-order chi connectivity index (χ0) is 39.3. The van der Waals surface area contributed by atoms with Crippen LogP contribution in [0, 0.1) is 0 Å². The molecular formula is C45H88NO7+. The predicted octanol–water partition coefficient (Wildman–Crippen LogP) is 12.1. The lowest BCUT2D eigenvalue weighted by molar-refractivity contribution is -0.887. The minimum absolute atomic E-state index is 0.0419. The Hall–Kier alpha value is -1.67. The Balaban J connectivity index is 4.29. The molecule has 0 aliphatic heterocycles. The molecule has 0 spiro atoms. The quantitative estimate of drug-likeness (QED) is 0.0377. The molecule has 0 aromatic rings. The van der Waals surface area contributed by atoms with E-state index in [0.29, 0.717) is 19.3 Å². The Bertz CT molecular complexity index is 843. The van der Waals surface area contributed by atoms with E-state index in [0.717, 1.165) is 38.5 Å². The zero-order valence-electron chi connectivity index (χ0n) is 35.7. The minimum Gasteiger partial charge on any atom is -0.477 e. The molecule has 0 aromatic carbocycles. The molecule has 0 aliphatic carbocycles. The third-order valence-electron chi connectivity index (χ3n) is 10.5. The Kier molecular flexibility index (Phi) is 36.1. The number of ether oxygens (including phenoxy) is 3. The van der Waals surface area contributed by atoms with Gasteiger partial charge in [-0.05, 0) is 12.8 Å². The van der Waals surface area contributed by atoms with Crippen molar-refractivity contribution in [3.63, 3.8) is 0 Å². The maximum atomic E-state index is 12.7. The lowest BCUT2D eigenvalue weighted by Gasteiger charge is -2.31. The fraction of sp³-hybridized carbons (Fsp3) is 0.933. The summed E-state index contributed by atoms with van der Waals surface area (Å²) in [5.74, 6) is -1.44. The average molecular weight is 755 g/mol. The number of likely N-dealkylation sites (N-methyl/N-ethyl adjacent to an activating group) is 1. The van der Waals surface area contributed by atoms with Crippen LogP contribution in [0.15, 0.2) is 0 Å². The van der Waals surface area contributed by atoms with Gasteiger partial charge in [0.25, 0.3) is 0 Å². The van der Waals surface area contributed by atoms with E-state index >= 15 is 0 Å². The molecule has 0 bridgehead atoms. The molecule has 0 rings (SSSR count). The van der Waals surface area contributed by atoms with Crippen molar-refractivity contribution in [3.05, 3.63) is 0 Å². The van der Waals surface area contributed by atoms with Gasteiger partial charge in [0.1, 0.15) is 6.61 Å². The van der Waals surface area contributed by atoms with Crippen molar-refractivity contribution in [2.45, 2.75) is 231 Å². The van der Waals surface area contributed by atoms with Gasteiger partial charge in [-0.3, -0.25) is 9.59 Å². The first-order valence-electron chi connectivity index (χ1n) is 22.6. The molecule has 0 aromatic heterocycles. The molecule has 0 saturated heterocycles. The molecule has 2 unspecified atom stereocenters. The van der Waals surface area contributed by atoms with Crippen LogP contribution in [0.1, 0.15) is 219 Å². The van der Waals surface area contributed by atoms with E-state index in [1.807, 2.05) is 21.1 Å². The Morgan fingerprint density at radius 1 is 0.491 bits per heavy atom. The first-order valence-corrected chi connectivity index (χ1v) is 22.6. The SMILES string of the molecule is CCCCCCCCCCCCCCCCCC(=O)OC(COCCC(C(=O)O)[N+](C)(C)C)COC(=O)CCCCCCCCCCCCCCCC.